The van der Waals surface area contributed by atoms with Crippen LogP contribution in [0.25, 0.3) is 0 Å². The van der Waals surface area contributed by atoms with Crippen molar-refractivity contribution < 1.29 is 0 Å². The summed E-state index contributed by atoms with van der Waals surface area (Å²) in [5.41, 5.74) is 6.86. The summed E-state index contributed by atoms with van der Waals surface area (Å²) >= 11 is 12.1. The predicted octanol–water partition coefficient (Wildman–Crippen LogP) is 3.34. The summed E-state index contributed by atoms with van der Waals surface area (Å²) in [5.74, 6) is 0.628. The Morgan fingerprint density at radius 3 is 2.82 bits per heavy atom. The first kappa shape index (κ1) is 13.2. The molecule has 0 spiro atoms. The summed E-state index contributed by atoms with van der Waals surface area (Å²) in [6.45, 7) is 5.13. The Morgan fingerprint density at radius 1 is 1.47 bits per heavy atom. The Hall–Kier alpha value is -0.280. The number of rotatable bonds is 3. The maximum absolute atomic E-state index is 6.24. The average Bonchev–Trinajstić information content (AvgIpc) is 2.76. The molecule has 17 heavy (non-hydrogen) atoms. The molecule has 1 aliphatic rings. The maximum Gasteiger partial charge on any atom is 0.0468 e. The number of hydrogen-bond acceptors (Lipinski definition) is 2. The fraction of sp³-hybridized carbons (Fsp3) is 0.538. The summed E-state index contributed by atoms with van der Waals surface area (Å²) < 4.78 is 0. The summed E-state index contributed by atoms with van der Waals surface area (Å²) in [5, 5.41) is 1.44. The minimum atomic E-state index is 0.330. The molecule has 1 fully saturated rings. The topological polar surface area (TPSA) is 29.3 Å². The molecule has 2 atom stereocenters. The van der Waals surface area contributed by atoms with Gasteiger partial charge in [-0.15, -0.1) is 0 Å². The number of nitrogens with zero attached hydrogens (tertiary/aromatic N) is 1. The molecule has 0 saturated carbocycles. The van der Waals surface area contributed by atoms with Crippen LogP contribution >= 0.6 is 23.2 Å². The fourth-order valence-corrected chi connectivity index (χ4v) is 3.01. The van der Waals surface area contributed by atoms with E-state index in [-0.39, 0.29) is 0 Å². The Morgan fingerprint density at radius 2 is 2.24 bits per heavy atom. The highest BCUT2D eigenvalue weighted by Gasteiger charge is 2.26. The van der Waals surface area contributed by atoms with Crippen molar-refractivity contribution in [3.8, 4) is 0 Å². The van der Waals surface area contributed by atoms with Gasteiger partial charge in [0, 0.05) is 22.6 Å². The second-order valence-corrected chi connectivity index (χ2v) is 5.57. The average molecular weight is 273 g/mol. The normalized spacial score (nSPS) is 22.9. The lowest BCUT2D eigenvalue weighted by Gasteiger charge is -2.25. The fourth-order valence-electron chi connectivity index (χ4n) is 2.44. The predicted molar refractivity (Wildman–Crippen MR) is 73.6 cm³/mol. The zero-order valence-electron chi connectivity index (χ0n) is 10.00. The van der Waals surface area contributed by atoms with Gasteiger partial charge in [0.25, 0.3) is 0 Å². The Kier molecular flexibility index (Phi) is 4.31. The first-order chi connectivity index (χ1) is 8.11. The third kappa shape index (κ3) is 2.94. The number of hydrogen-bond donors (Lipinski definition) is 1. The number of likely N-dealkylation sites (tertiary alicyclic amines) is 1. The molecule has 0 radical (unpaired) electrons. The van der Waals surface area contributed by atoms with Crippen LogP contribution in [-0.4, -0.2) is 24.5 Å². The summed E-state index contributed by atoms with van der Waals surface area (Å²) in [6, 6.07) is 6.06. The lowest BCUT2D eigenvalue weighted by atomic mass is 10.1. The van der Waals surface area contributed by atoms with E-state index in [9.17, 15) is 0 Å². The molecule has 0 amide bonds. The van der Waals surface area contributed by atoms with Gasteiger partial charge in [0.1, 0.15) is 0 Å². The minimum Gasteiger partial charge on any atom is -0.330 e. The van der Waals surface area contributed by atoms with Gasteiger partial charge >= 0.3 is 0 Å². The molecule has 0 aliphatic carbocycles. The quantitative estimate of drug-likeness (QED) is 0.915. The molecule has 1 saturated heterocycles. The van der Waals surface area contributed by atoms with E-state index in [1.54, 1.807) is 0 Å². The van der Waals surface area contributed by atoms with Crippen molar-refractivity contribution in [3.63, 3.8) is 0 Å². The second kappa shape index (κ2) is 5.57. The summed E-state index contributed by atoms with van der Waals surface area (Å²) in [6.07, 6.45) is 1.19. The number of benzene rings is 1. The van der Waals surface area contributed by atoms with Crippen LogP contribution in [0.15, 0.2) is 18.2 Å². The highest BCUT2D eigenvalue weighted by molar-refractivity contribution is 6.35. The van der Waals surface area contributed by atoms with Crippen LogP contribution in [-0.2, 0) is 0 Å². The monoisotopic (exact) mass is 272 g/mol. The van der Waals surface area contributed by atoms with Gasteiger partial charge in [-0.3, -0.25) is 4.90 Å². The van der Waals surface area contributed by atoms with E-state index in [0.29, 0.717) is 17.0 Å². The standard InChI is InChI=1S/C13H18Cl2N2/c1-9(17-5-4-10(7-16)8-17)12-3-2-11(14)6-13(12)15/h2-3,6,9-10H,4-5,7-8,16H2,1H3. The molecular formula is C13H18Cl2N2. The molecular weight excluding hydrogens is 255 g/mol. The van der Waals surface area contributed by atoms with E-state index in [4.69, 9.17) is 28.9 Å². The van der Waals surface area contributed by atoms with Gasteiger partial charge in [0.15, 0.2) is 0 Å². The van der Waals surface area contributed by atoms with Crippen LogP contribution in [0.2, 0.25) is 10.0 Å². The smallest absolute Gasteiger partial charge is 0.0468 e. The Bertz CT molecular complexity index is 395. The molecule has 1 heterocycles. The van der Waals surface area contributed by atoms with Crippen LogP contribution in [0.3, 0.4) is 0 Å². The molecule has 2 nitrogen and oxygen atoms in total. The van der Waals surface area contributed by atoms with Crippen molar-refractivity contribution in [1.82, 2.24) is 4.90 Å². The van der Waals surface area contributed by atoms with Gasteiger partial charge in [0.2, 0.25) is 0 Å². The van der Waals surface area contributed by atoms with E-state index >= 15 is 0 Å². The number of nitrogens with two attached hydrogens (primary N) is 1. The summed E-state index contributed by atoms with van der Waals surface area (Å²) in [4.78, 5) is 2.44. The first-order valence-corrected chi connectivity index (χ1v) is 6.76. The van der Waals surface area contributed by atoms with E-state index in [2.05, 4.69) is 11.8 Å². The lowest BCUT2D eigenvalue weighted by Crippen LogP contribution is -2.26. The van der Waals surface area contributed by atoms with Crippen LogP contribution in [0.5, 0.6) is 0 Å². The van der Waals surface area contributed by atoms with Crippen molar-refractivity contribution in [3.05, 3.63) is 33.8 Å². The van der Waals surface area contributed by atoms with Crippen LogP contribution < -0.4 is 5.73 Å². The van der Waals surface area contributed by atoms with Gasteiger partial charge < -0.3 is 5.73 Å². The van der Waals surface area contributed by atoms with Gasteiger partial charge in [-0.05, 0) is 50.0 Å². The van der Waals surface area contributed by atoms with E-state index < -0.39 is 0 Å². The molecule has 1 aliphatic heterocycles. The van der Waals surface area contributed by atoms with Crippen LogP contribution in [0.1, 0.15) is 24.9 Å². The molecule has 1 aromatic carbocycles. The SMILES string of the molecule is CC(c1ccc(Cl)cc1Cl)N1CCC(CN)C1. The van der Waals surface area contributed by atoms with Gasteiger partial charge in [-0.2, -0.15) is 0 Å². The molecule has 4 heteroatoms. The van der Waals surface area contributed by atoms with Crippen LogP contribution in [0, 0.1) is 5.92 Å². The highest BCUT2D eigenvalue weighted by atomic mass is 35.5. The van der Waals surface area contributed by atoms with Crippen molar-refractivity contribution in [2.75, 3.05) is 19.6 Å². The molecule has 2 unspecified atom stereocenters. The third-order valence-electron chi connectivity index (χ3n) is 3.61. The second-order valence-electron chi connectivity index (χ2n) is 4.73. The third-order valence-corrected chi connectivity index (χ3v) is 4.17. The van der Waals surface area contributed by atoms with E-state index in [0.717, 1.165) is 30.2 Å². The van der Waals surface area contributed by atoms with Gasteiger partial charge in [0.05, 0.1) is 0 Å². The van der Waals surface area contributed by atoms with Crippen molar-refractivity contribution in [2.45, 2.75) is 19.4 Å². The first-order valence-electron chi connectivity index (χ1n) is 6.01. The van der Waals surface area contributed by atoms with Crippen molar-refractivity contribution in [2.24, 2.45) is 11.7 Å². The number of halogens is 2. The molecule has 1 aromatic rings. The molecule has 0 aromatic heterocycles. The zero-order valence-corrected chi connectivity index (χ0v) is 11.5. The highest BCUT2D eigenvalue weighted by Crippen LogP contribution is 2.32. The molecule has 94 valence electrons. The molecule has 2 N–H and O–H groups in total. The maximum atomic E-state index is 6.24. The summed E-state index contributed by atoms with van der Waals surface area (Å²) in [7, 11) is 0. The van der Waals surface area contributed by atoms with E-state index in [1.807, 2.05) is 18.2 Å². The molecule has 2 rings (SSSR count). The van der Waals surface area contributed by atoms with Gasteiger partial charge in [-0.1, -0.05) is 29.3 Å². The largest absolute Gasteiger partial charge is 0.330 e. The lowest BCUT2D eigenvalue weighted by molar-refractivity contribution is 0.253. The van der Waals surface area contributed by atoms with Gasteiger partial charge in [-0.25, -0.2) is 0 Å². The molecule has 0 bridgehead atoms. The van der Waals surface area contributed by atoms with Crippen molar-refractivity contribution in [1.29, 1.82) is 0 Å². The minimum absolute atomic E-state index is 0.330. The zero-order chi connectivity index (χ0) is 12.4. The van der Waals surface area contributed by atoms with Crippen LogP contribution in [0.4, 0.5) is 0 Å². The Balaban J connectivity index is 2.12. The Labute approximate surface area is 113 Å². The van der Waals surface area contributed by atoms with E-state index in [1.165, 1.54) is 6.42 Å². The van der Waals surface area contributed by atoms with Crippen molar-refractivity contribution >= 4 is 23.2 Å².